The minimum atomic E-state index is -0.623. The van der Waals surface area contributed by atoms with Gasteiger partial charge in [0.15, 0.2) is 0 Å². The molecule has 148 valence electrons. The quantitative estimate of drug-likeness (QED) is 0.318. The molecule has 0 saturated heterocycles. The van der Waals surface area contributed by atoms with Crippen molar-refractivity contribution < 1.29 is 14.3 Å². The van der Waals surface area contributed by atoms with E-state index in [4.69, 9.17) is 4.74 Å². The van der Waals surface area contributed by atoms with Crippen molar-refractivity contribution in [1.82, 2.24) is 0 Å². The van der Waals surface area contributed by atoms with Crippen LogP contribution in [0.2, 0.25) is 0 Å². The summed E-state index contributed by atoms with van der Waals surface area (Å²) in [6.45, 7) is 13.3. The molecule has 0 saturated carbocycles. The van der Waals surface area contributed by atoms with E-state index in [0.29, 0.717) is 5.56 Å². The molecule has 0 fully saturated rings. The van der Waals surface area contributed by atoms with Crippen LogP contribution in [0.15, 0.2) is 54.6 Å². The minimum Gasteiger partial charge on any atom is -0.457 e. The van der Waals surface area contributed by atoms with Crippen LogP contribution in [-0.2, 0) is 9.53 Å². The molecule has 0 N–H and O–H groups in total. The van der Waals surface area contributed by atoms with Crippen LogP contribution in [-0.4, -0.2) is 24.0 Å². The number of esters is 1. The van der Waals surface area contributed by atoms with Gasteiger partial charge in [-0.3, -0.25) is 4.79 Å². The van der Waals surface area contributed by atoms with Gasteiger partial charge in [0.1, 0.15) is 5.60 Å². The van der Waals surface area contributed by atoms with Gasteiger partial charge in [-0.25, -0.2) is 4.79 Å². The molecule has 0 aliphatic carbocycles. The van der Waals surface area contributed by atoms with Crippen LogP contribution in [0.3, 0.4) is 0 Å². The molecule has 0 unspecified atom stereocenters. The zero-order chi connectivity index (χ0) is 21.1. The Morgan fingerprint density at radius 3 is 2.25 bits per heavy atom. The highest BCUT2D eigenvalue weighted by Crippen LogP contribution is 2.30. The van der Waals surface area contributed by atoms with Crippen molar-refractivity contribution in [3.8, 4) is 0 Å². The molecule has 0 bridgehead atoms. The predicted molar refractivity (Wildman–Crippen MR) is 122 cm³/mol. The van der Waals surface area contributed by atoms with Crippen molar-refractivity contribution in [3.05, 3.63) is 74.9 Å². The van der Waals surface area contributed by atoms with E-state index >= 15 is 0 Å². The Morgan fingerprint density at radius 2 is 1.71 bits per heavy atom. The maximum Gasteiger partial charge on any atom is 0.335 e. The van der Waals surface area contributed by atoms with E-state index in [0.717, 1.165) is 20.4 Å². The van der Waals surface area contributed by atoms with Crippen molar-refractivity contribution in [3.63, 3.8) is 0 Å². The molecule has 0 heterocycles. The molecule has 0 radical (unpaired) electrons. The molecule has 2 aromatic rings. The highest BCUT2D eigenvalue weighted by atomic mass is 127. The van der Waals surface area contributed by atoms with E-state index in [1.807, 2.05) is 44.2 Å². The van der Waals surface area contributed by atoms with Gasteiger partial charge in [0.05, 0.1) is 12.2 Å². The second kappa shape index (κ2) is 8.90. The second-order valence-corrected chi connectivity index (χ2v) is 8.94. The van der Waals surface area contributed by atoms with Crippen molar-refractivity contribution in [1.29, 1.82) is 0 Å². The minimum absolute atomic E-state index is 0.0581. The number of benzene rings is 2. The molecule has 28 heavy (non-hydrogen) atoms. The number of amides is 1. The third-order valence-corrected chi connectivity index (χ3v) is 4.79. The first-order chi connectivity index (χ1) is 13.0. The van der Waals surface area contributed by atoms with Crippen LogP contribution >= 0.6 is 22.6 Å². The maximum atomic E-state index is 13.3. The average Bonchev–Trinajstić information content (AvgIpc) is 2.58. The summed E-state index contributed by atoms with van der Waals surface area (Å²) in [6, 6.07) is 13.1. The summed E-state index contributed by atoms with van der Waals surface area (Å²) in [4.78, 5) is 27.4. The lowest BCUT2D eigenvalue weighted by Crippen LogP contribution is -2.36. The van der Waals surface area contributed by atoms with E-state index in [1.54, 1.807) is 37.8 Å². The lowest BCUT2D eigenvalue weighted by molar-refractivity contribution is -0.149. The number of aryl methyl sites for hydroxylation is 2. The lowest BCUT2D eigenvalue weighted by Gasteiger charge is -2.28. The van der Waals surface area contributed by atoms with E-state index in [2.05, 4.69) is 29.2 Å². The summed E-state index contributed by atoms with van der Waals surface area (Å²) in [6.07, 6.45) is 0. The standard InChI is InChI=1S/C23H26INO3/c1-15-12-16(2)20(19(24)13-15)25(21(26)18-10-8-7-9-11-18)14-17(3)22(27)28-23(4,5)6/h7-13H,3,14H2,1-2,4-6H3. The summed E-state index contributed by atoms with van der Waals surface area (Å²) in [5.74, 6) is -0.687. The van der Waals surface area contributed by atoms with Crippen LogP contribution in [0.5, 0.6) is 0 Å². The van der Waals surface area contributed by atoms with Gasteiger partial charge in [0, 0.05) is 14.7 Å². The third kappa shape index (κ3) is 5.67. The first-order valence-corrected chi connectivity index (χ1v) is 10.1. The Hall–Kier alpha value is -2.15. The van der Waals surface area contributed by atoms with Crippen molar-refractivity contribution in [2.45, 2.75) is 40.2 Å². The van der Waals surface area contributed by atoms with Crippen LogP contribution < -0.4 is 4.90 Å². The maximum absolute atomic E-state index is 13.3. The number of rotatable bonds is 5. The van der Waals surface area contributed by atoms with Gasteiger partial charge in [-0.1, -0.05) is 30.8 Å². The van der Waals surface area contributed by atoms with Crippen LogP contribution in [0.1, 0.15) is 42.3 Å². The van der Waals surface area contributed by atoms with Crippen LogP contribution in [0.4, 0.5) is 5.69 Å². The highest BCUT2D eigenvalue weighted by Gasteiger charge is 2.26. The highest BCUT2D eigenvalue weighted by molar-refractivity contribution is 14.1. The normalized spacial score (nSPS) is 11.1. The second-order valence-electron chi connectivity index (χ2n) is 7.78. The molecule has 0 aliphatic rings. The number of anilines is 1. The van der Waals surface area contributed by atoms with Crippen LogP contribution in [0, 0.1) is 17.4 Å². The van der Waals surface area contributed by atoms with E-state index in [-0.39, 0.29) is 18.0 Å². The Bertz CT molecular complexity index is 875. The van der Waals surface area contributed by atoms with Gasteiger partial charge >= 0.3 is 5.97 Å². The number of carbonyl (C=O) groups excluding carboxylic acids is 2. The first-order valence-electron chi connectivity index (χ1n) is 9.04. The fraction of sp³-hybridized carbons (Fsp3) is 0.304. The van der Waals surface area contributed by atoms with E-state index in [9.17, 15) is 9.59 Å². The van der Waals surface area contributed by atoms with Gasteiger partial charge in [-0.15, -0.1) is 0 Å². The smallest absolute Gasteiger partial charge is 0.335 e. The summed E-state index contributed by atoms with van der Waals surface area (Å²) >= 11 is 2.23. The van der Waals surface area contributed by atoms with Gasteiger partial charge in [0.25, 0.3) is 5.91 Å². The first kappa shape index (κ1) is 22.1. The fourth-order valence-corrected chi connectivity index (χ4v) is 4.05. The molecule has 5 heteroatoms. The number of hydrogen-bond donors (Lipinski definition) is 0. The topological polar surface area (TPSA) is 46.6 Å². The SMILES string of the molecule is C=C(CN(C(=O)c1ccccc1)c1c(C)cc(C)cc1I)C(=O)OC(C)(C)C. The van der Waals surface area contributed by atoms with E-state index < -0.39 is 11.6 Å². The zero-order valence-electron chi connectivity index (χ0n) is 17.0. The van der Waals surface area contributed by atoms with Gasteiger partial charge in [0.2, 0.25) is 0 Å². The molecule has 2 aromatic carbocycles. The van der Waals surface area contributed by atoms with Crippen molar-refractivity contribution >= 4 is 40.2 Å². The fourth-order valence-electron chi connectivity index (χ4n) is 2.84. The number of carbonyl (C=O) groups is 2. The van der Waals surface area contributed by atoms with E-state index in [1.165, 1.54) is 0 Å². The molecule has 1 amide bonds. The van der Waals surface area contributed by atoms with Crippen molar-refractivity contribution in [2.75, 3.05) is 11.4 Å². The number of halogens is 1. The summed E-state index contributed by atoms with van der Waals surface area (Å²) in [7, 11) is 0. The Kier molecular flexibility index (Phi) is 7.04. The molecule has 0 atom stereocenters. The van der Waals surface area contributed by atoms with Crippen LogP contribution in [0.25, 0.3) is 0 Å². The number of hydrogen-bond acceptors (Lipinski definition) is 3. The summed E-state index contributed by atoms with van der Waals surface area (Å²) < 4.78 is 6.36. The predicted octanol–water partition coefficient (Wildman–Crippen LogP) is 5.45. The van der Waals surface area contributed by atoms with Gasteiger partial charge in [-0.2, -0.15) is 0 Å². The molecule has 2 rings (SSSR count). The Labute approximate surface area is 180 Å². The molecule has 0 spiro atoms. The zero-order valence-corrected chi connectivity index (χ0v) is 19.2. The van der Waals surface area contributed by atoms with Gasteiger partial charge in [-0.05, 0) is 86.5 Å². The Morgan fingerprint density at radius 1 is 1.11 bits per heavy atom. The monoisotopic (exact) mass is 491 g/mol. The average molecular weight is 491 g/mol. The summed E-state index contributed by atoms with van der Waals surface area (Å²) in [5, 5.41) is 0. The molecular weight excluding hydrogens is 465 g/mol. The largest absolute Gasteiger partial charge is 0.457 e. The molecular formula is C23H26INO3. The molecule has 0 aliphatic heterocycles. The molecule has 4 nitrogen and oxygen atoms in total. The molecule has 0 aromatic heterocycles. The Balaban J connectivity index is 2.45. The summed E-state index contributed by atoms with van der Waals surface area (Å²) in [5.41, 5.74) is 3.02. The number of nitrogens with zero attached hydrogens (tertiary/aromatic N) is 1. The lowest BCUT2D eigenvalue weighted by atomic mass is 10.1. The third-order valence-electron chi connectivity index (χ3n) is 3.97. The number of ether oxygens (including phenoxy) is 1. The van der Waals surface area contributed by atoms with Crippen molar-refractivity contribution in [2.24, 2.45) is 0 Å². The van der Waals surface area contributed by atoms with Gasteiger partial charge < -0.3 is 9.64 Å².